The maximum absolute atomic E-state index is 10.9. The van der Waals surface area contributed by atoms with Crippen LogP contribution in [0.5, 0.6) is 0 Å². The number of hydrogen-bond acceptors (Lipinski definition) is 5. The summed E-state index contributed by atoms with van der Waals surface area (Å²) >= 11 is 0. The van der Waals surface area contributed by atoms with Gasteiger partial charge in [0.15, 0.2) is 0 Å². The van der Waals surface area contributed by atoms with Crippen molar-refractivity contribution in [1.29, 1.82) is 0 Å². The fourth-order valence-electron chi connectivity index (χ4n) is 0.728. The predicted octanol–water partition coefficient (Wildman–Crippen LogP) is -1.46. The molecule has 0 heterocycles. The van der Waals surface area contributed by atoms with E-state index >= 15 is 0 Å². The molecule has 0 radical (unpaired) electrons. The molecule has 0 fully saturated rings. The second-order valence-electron chi connectivity index (χ2n) is 2.95. The van der Waals surface area contributed by atoms with Crippen LogP contribution >= 0.6 is 0 Å². The van der Waals surface area contributed by atoms with Crippen molar-refractivity contribution in [2.75, 3.05) is 12.4 Å². The van der Waals surface area contributed by atoms with Gasteiger partial charge < -0.3 is 9.84 Å². The van der Waals surface area contributed by atoms with Gasteiger partial charge in [0.1, 0.15) is 0 Å². The summed E-state index contributed by atoms with van der Waals surface area (Å²) in [5.41, 5.74) is -0.306. The Labute approximate surface area is 190 Å². The van der Waals surface area contributed by atoms with Crippen molar-refractivity contribution in [2.24, 2.45) is 0 Å². The second kappa shape index (κ2) is 12.6. The van der Waals surface area contributed by atoms with Crippen molar-refractivity contribution >= 4 is 125 Å². The fraction of sp³-hybridized carbons (Fsp3) is 0.500. The molecule has 18 heavy (non-hydrogen) atoms. The summed E-state index contributed by atoms with van der Waals surface area (Å²) < 4.78 is 33.4. The molecule has 0 aromatic heterocycles. The standard InChI is InChI=1S/C8H12O7S.2K.2H/c1-6(8(10)11)5-7(9)15-3-2-4-16(12,13)14;;;;/h1-5H2,(H,10,11)(H,12,13,14);;;;. The molecule has 10 heteroatoms. The Balaban J connectivity index is -0.00000112. The summed E-state index contributed by atoms with van der Waals surface area (Å²) in [5, 5.41) is 8.39. The first-order chi connectivity index (χ1) is 7.22. The van der Waals surface area contributed by atoms with Crippen LogP contribution in [0.15, 0.2) is 12.2 Å². The number of ether oxygens (including phenoxy) is 1. The number of carboxylic acid groups (broad SMARTS) is 1. The van der Waals surface area contributed by atoms with E-state index in [1.807, 2.05) is 0 Å². The summed E-state index contributed by atoms with van der Waals surface area (Å²) in [6.45, 7) is 2.92. The molecule has 7 nitrogen and oxygen atoms in total. The third kappa shape index (κ3) is 15.9. The van der Waals surface area contributed by atoms with Crippen LogP contribution in [0.2, 0.25) is 0 Å². The molecular weight excluding hydrogens is 318 g/mol. The number of hydrogen-bond donors (Lipinski definition) is 2. The van der Waals surface area contributed by atoms with Crippen molar-refractivity contribution in [1.82, 2.24) is 0 Å². The fourth-order valence-corrected chi connectivity index (χ4v) is 1.21. The summed E-state index contributed by atoms with van der Waals surface area (Å²) in [5.74, 6) is -2.61. The number of aliphatic carboxylic acids is 1. The van der Waals surface area contributed by atoms with E-state index in [9.17, 15) is 18.0 Å². The van der Waals surface area contributed by atoms with Gasteiger partial charge >= 0.3 is 115 Å². The Hall–Kier alpha value is 1.86. The SMILES string of the molecule is C=C(CC(=O)OCCCS(=O)(=O)O)C(=O)O.[KH].[KH]. The van der Waals surface area contributed by atoms with Gasteiger partial charge in [-0.1, -0.05) is 6.58 Å². The Bertz CT molecular complexity index is 390. The van der Waals surface area contributed by atoms with Crippen LogP contribution in [0.25, 0.3) is 0 Å². The third-order valence-corrected chi connectivity index (χ3v) is 2.27. The van der Waals surface area contributed by atoms with Gasteiger partial charge in [0.25, 0.3) is 10.1 Å². The molecule has 96 valence electrons. The number of esters is 1. The van der Waals surface area contributed by atoms with Gasteiger partial charge in [0.05, 0.1) is 18.8 Å². The van der Waals surface area contributed by atoms with Crippen LogP contribution in [-0.2, 0) is 24.4 Å². The average Bonchev–Trinajstić information content (AvgIpc) is 2.10. The molecule has 0 aromatic carbocycles. The van der Waals surface area contributed by atoms with E-state index < -0.39 is 34.2 Å². The molecule has 0 amide bonds. The molecule has 0 aliphatic heterocycles. The first-order valence-corrected chi connectivity index (χ1v) is 5.85. The predicted molar refractivity (Wildman–Crippen MR) is 67.7 cm³/mol. The third-order valence-electron chi connectivity index (χ3n) is 1.47. The molecule has 0 atom stereocenters. The van der Waals surface area contributed by atoms with Gasteiger partial charge in [-0.25, -0.2) is 4.79 Å². The van der Waals surface area contributed by atoms with Gasteiger partial charge in [-0.2, -0.15) is 8.42 Å². The molecule has 0 aromatic rings. The van der Waals surface area contributed by atoms with Gasteiger partial charge in [0, 0.05) is 5.57 Å². The monoisotopic (exact) mass is 332 g/mol. The van der Waals surface area contributed by atoms with Gasteiger partial charge in [0.2, 0.25) is 0 Å². The molecule has 0 bridgehead atoms. The zero-order valence-corrected chi connectivity index (χ0v) is 9.20. The van der Waals surface area contributed by atoms with Crippen molar-refractivity contribution in [3.05, 3.63) is 12.2 Å². The van der Waals surface area contributed by atoms with E-state index in [2.05, 4.69) is 11.3 Å². The van der Waals surface area contributed by atoms with E-state index in [-0.39, 0.29) is 121 Å². The Morgan fingerprint density at radius 3 is 2.11 bits per heavy atom. The minimum atomic E-state index is -4.06. The number of carbonyl (C=O) groups excluding carboxylic acids is 1. The number of carboxylic acids is 1. The van der Waals surface area contributed by atoms with E-state index in [1.54, 1.807) is 0 Å². The number of rotatable bonds is 7. The van der Waals surface area contributed by atoms with Gasteiger partial charge in [-0.05, 0) is 6.42 Å². The first-order valence-electron chi connectivity index (χ1n) is 4.24. The van der Waals surface area contributed by atoms with E-state index in [4.69, 9.17) is 9.66 Å². The Morgan fingerprint density at radius 2 is 1.72 bits per heavy atom. The molecule has 2 N–H and O–H groups in total. The second-order valence-corrected chi connectivity index (χ2v) is 4.52. The topological polar surface area (TPSA) is 118 Å². The molecule has 0 unspecified atom stereocenters. The molecule has 0 rings (SSSR count). The normalized spacial score (nSPS) is 9.61. The van der Waals surface area contributed by atoms with Crippen molar-refractivity contribution in [3.8, 4) is 0 Å². The zero-order chi connectivity index (χ0) is 12.8. The molecule has 0 spiro atoms. The first kappa shape index (κ1) is 24.9. The van der Waals surface area contributed by atoms with Gasteiger partial charge in [-0.3, -0.25) is 9.35 Å². The average molecular weight is 332 g/mol. The van der Waals surface area contributed by atoms with Crippen LogP contribution in [0.1, 0.15) is 12.8 Å². The Morgan fingerprint density at radius 1 is 1.22 bits per heavy atom. The molecular formula is C8H14K2O7S. The summed E-state index contributed by atoms with van der Waals surface area (Å²) in [4.78, 5) is 21.2. The van der Waals surface area contributed by atoms with Crippen LogP contribution in [0.3, 0.4) is 0 Å². The molecule has 0 saturated heterocycles. The molecule has 0 saturated carbocycles. The molecule has 0 aliphatic carbocycles. The zero-order valence-electron chi connectivity index (χ0n) is 8.38. The van der Waals surface area contributed by atoms with Crippen LogP contribution in [0, 0.1) is 0 Å². The Kier molecular flexibility index (Phi) is 17.4. The van der Waals surface area contributed by atoms with Crippen LogP contribution in [0.4, 0.5) is 0 Å². The summed E-state index contributed by atoms with van der Waals surface area (Å²) in [7, 11) is -4.06. The minimum absolute atomic E-state index is 0. The van der Waals surface area contributed by atoms with Crippen LogP contribution < -0.4 is 0 Å². The van der Waals surface area contributed by atoms with E-state index in [0.717, 1.165) is 0 Å². The van der Waals surface area contributed by atoms with Crippen molar-refractivity contribution < 1.29 is 32.4 Å². The summed E-state index contributed by atoms with van der Waals surface area (Å²) in [6.07, 6.45) is -0.509. The van der Waals surface area contributed by atoms with Crippen molar-refractivity contribution in [2.45, 2.75) is 12.8 Å². The molecule has 0 aliphatic rings. The van der Waals surface area contributed by atoms with E-state index in [0.29, 0.717) is 0 Å². The maximum atomic E-state index is 10.9. The van der Waals surface area contributed by atoms with E-state index in [1.165, 1.54) is 0 Å². The van der Waals surface area contributed by atoms with Crippen molar-refractivity contribution in [3.63, 3.8) is 0 Å². The summed E-state index contributed by atoms with van der Waals surface area (Å²) in [6, 6.07) is 0. The number of carbonyl (C=O) groups is 2. The van der Waals surface area contributed by atoms with Crippen LogP contribution in [-0.4, -0.2) is 145 Å². The van der Waals surface area contributed by atoms with Gasteiger partial charge in [-0.15, -0.1) is 0 Å². The quantitative estimate of drug-likeness (QED) is 0.192.